The Bertz CT molecular complexity index is 401. The molecule has 1 N–H and O–H groups in total. The minimum Gasteiger partial charge on any atom is -0.307 e. The zero-order valence-corrected chi connectivity index (χ0v) is 14.2. The van der Waals surface area contributed by atoms with Crippen LogP contribution in [0.4, 0.5) is 0 Å². The standard InChI is InChI=1S/C15H26N2S2/c1-12-13(11-17-5-7-18-8-6-17)9-14(19-12)10-16-15(2,3)4/h9,16H,5-8,10-11H2,1-4H3. The van der Waals surface area contributed by atoms with Crippen molar-refractivity contribution in [2.45, 2.75) is 46.3 Å². The van der Waals surface area contributed by atoms with Gasteiger partial charge in [-0.15, -0.1) is 11.3 Å². The smallest absolute Gasteiger partial charge is 0.0304 e. The molecule has 0 atom stereocenters. The van der Waals surface area contributed by atoms with Crippen LogP contribution in [0.3, 0.4) is 0 Å². The molecule has 0 aromatic carbocycles. The average molecular weight is 299 g/mol. The minimum absolute atomic E-state index is 0.197. The van der Waals surface area contributed by atoms with E-state index in [0.717, 1.165) is 13.1 Å². The maximum Gasteiger partial charge on any atom is 0.0304 e. The Morgan fingerprint density at radius 1 is 1.26 bits per heavy atom. The first-order chi connectivity index (χ1) is 8.94. The zero-order chi connectivity index (χ0) is 13.9. The van der Waals surface area contributed by atoms with Gasteiger partial charge in [0.15, 0.2) is 0 Å². The van der Waals surface area contributed by atoms with Crippen molar-refractivity contribution >= 4 is 23.1 Å². The van der Waals surface area contributed by atoms with E-state index in [1.54, 1.807) is 0 Å². The third kappa shape index (κ3) is 5.10. The quantitative estimate of drug-likeness (QED) is 0.916. The molecule has 19 heavy (non-hydrogen) atoms. The number of rotatable bonds is 4. The predicted octanol–water partition coefficient (Wildman–Crippen LogP) is 3.49. The summed E-state index contributed by atoms with van der Waals surface area (Å²) in [7, 11) is 0. The molecule has 1 aliphatic rings. The molecule has 2 heterocycles. The van der Waals surface area contributed by atoms with Crippen molar-refractivity contribution in [3.05, 3.63) is 21.4 Å². The summed E-state index contributed by atoms with van der Waals surface area (Å²) in [4.78, 5) is 5.55. The molecule has 0 bridgehead atoms. The fourth-order valence-electron chi connectivity index (χ4n) is 2.18. The molecular weight excluding hydrogens is 272 g/mol. The van der Waals surface area contributed by atoms with Crippen LogP contribution in [-0.4, -0.2) is 35.0 Å². The molecule has 0 saturated carbocycles. The lowest BCUT2D eigenvalue weighted by Crippen LogP contribution is -2.34. The lowest BCUT2D eigenvalue weighted by molar-refractivity contribution is 0.294. The second-order valence-corrected chi connectivity index (χ2v) is 8.85. The number of thiophene rings is 1. The molecule has 0 aliphatic carbocycles. The van der Waals surface area contributed by atoms with Crippen molar-refractivity contribution in [3.8, 4) is 0 Å². The highest BCUT2D eigenvalue weighted by atomic mass is 32.2. The summed E-state index contributed by atoms with van der Waals surface area (Å²) in [6, 6.07) is 2.40. The van der Waals surface area contributed by atoms with Gasteiger partial charge in [0.1, 0.15) is 0 Å². The van der Waals surface area contributed by atoms with Crippen LogP contribution in [0.1, 0.15) is 36.1 Å². The average Bonchev–Trinajstić information content (AvgIpc) is 2.68. The number of hydrogen-bond donors (Lipinski definition) is 1. The van der Waals surface area contributed by atoms with Crippen molar-refractivity contribution < 1.29 is 0 Å². The van der Waals surface area contributed by atoms with Crippen molar-refractivity contribution in [1.82, 2.24) is 10.2 Å². The lowest BCUT2D eigenvalue weighted by Gasteiger charge is -2.26. The van der Waals surface area contributed by atoms with Crippen molar-refractivity contribution in [2.75, 3.05) is 24.6 Å². The molecule has 1 aliphatic heterocycles. The fourth-order valence-corrected chi connectivity index (χ4v) is 4.16. The first-order valence-corrected chi connectivity index (χ1v) is 9.04. The van der Waals surface area contributed by atoms with Crippen molar-refractivity contribution in [1.29, 1.82) is 0 Å². The molecule has 0 amide bonds. The highest BCUT2D eigenvalue weighted by Crippen LogP contribution is 2.24. The van der Waals surface area contributed by atoms with Gasteiger partial charge in [-0.1, -0.05) is 0 Å². The number of hydrogen-bond acceptors (Lipinski definition) is 4. The van der Waals surface area contributed by atoms with Gasteiger partial charge in [-0.05, 0) is 39.3 Å². The van der Waals surface area contributed by atoms with E-state index in [-0.39, 0.29) is 5.54 Å². The summed E-state index contributed by atoms with van der Waals surface area (Å²) < 4.78 is 0. The number of nitrogens with one attached hydrogen (secondary N) is 1. The van der Waals surface area contributed by atoms with Crippen LogP contribution >= 0.6 is 23.1 Å². The van der Waals surface area contributed by atoms with E-state index in [4.69, 9.17) is 0 Å². The Labute approximate surface area is 126 Å². The fraction of sp³-hybridized carbons (Fsp3) is 0.733. The van der Waals surface area contributed by atoms with E-state index in [1.807, 2.05) is 11.3 Å². The van der Waals surface area contributed by atoms with Gasteiger partial charge < -0.3 is 5.32 Å². The van der Waals surface area contributed by atoms with Crippen LogP contribution in [-0.2, 0) is 13.1 Å². The Kier molecular flexibility index (Phi) is 5.35. The molecule has 0 radical (unpaired) electrons. The third-order valence-corrected chi connectivity index (χ3v) is 5.40. The van der Waals surface area contributed by atoms with E-state index in [1.165, 1.54) is 39.9 Å². The van der Waals surface area contributed by atoms with Gasteiger partial charge in [0.25, 0.3) is 0 Å². The van der Waals surface area contributed by atoms with Gasteiger partial charge in [-0.2, -0.15) is 11.8 Å². The highest BCUT2D eigenvalue weighted by Gasteiger charge is 2.15. The van der Waals surface area contributed by atoms with Crippen LogP contribution < -0.4 is 5.32 Å². The Hall–Kier alpha value is -0.0300. The highest BCUT2D eigenvalue weighted by molar-refractivity contribution is 7.99. The van der Waals surface area contributed by atoms with E-state index in [0.29, 0.717) is 0 Å². The summed E-state index contributed by atoms with van der Waals surface area (Å²) >= 11 is 4.03. The van der Waals surface area contributed by atoms with Gasteiger partial charge >= 0.3 is 0 Å². The largest absolute Gasteiger partial charge is 0.307 e. The van der Waals surface area contributed by atoms with E-state index in [9.17, 15) is 0 Å². The van der Waals surface area contributed by atoms with E-state index < -0.39 is 0 Å². The minimum atomic E-state index is 0.197. The first kappa shape index (κ1) is 15.4. The molecule has 2 nitrogen and oxygen atoms in total. The Morgan fingerprint density at radius 2 is 1.95 bits per heavy atom. The summed E-state index contributed by atoms with van der Waals surface area (Å²) in [6.07, 6.45) is 0. The maximum absolute atomic E-state index is 3.58. The monoisotopic (exact) mass is 298 g/mol. The summed E-state index contributed by atoms with van der Waals surface area (Å²) in [5.74, 6) is 2.59. The molecule has 1 aromatic heterocycles. The lowest BCUT2D eigenvalue weighted by atomic mass is 10.1. The summed E-state index contributed by atoms with van der Waals surface area (Å²) in [6.45, 7) is 13.5. The molecule has 0 unspecified atom stereocenters. The van der Waals surface area contributed by atoms with Gasteiger partial charge in [-0.25, -0.2) is 0 Å². The predicted molar refractivity (Wildman–Crippen MR) is 88.3 cm³/mol. The van der Waals surface area contributed by atoms with Crippen LogP contribution in [0.25, 0.3) is 0 Å². The van der Waals surface area contributed by atoms with Crippen LogP contribution in [0.5, 0.6) is 0 Å². The SMILES string of the molecule is Cc1sc(CNC(C)(C)C)cc1CN1CCSCC1. The Morgan fingerprint density at radius 3 is 2.58 bits per heavy atom. The maximum atomic E-state index is 3.58. The molecule has 0 spiro atoms. The van der Waals surface area contributed by atoms with Gasteiger partial charge in [-0.3, -0.25) is 4.90 Å². The Balaban J connectivity index is 1.92. The molecular formula is C15H26N2S2. The topological polar surface area (TPSA) is 15.3 Å². The van der Waals surface area contributed by atoms with Gasteiger partial charge in [0, 0.05) is 53.0 Å². The second-order valence-electron chi connectivity index (χ2n) is 6.29. The molecule has 1 saturated heterocycles. The molecule has 4 heteroatoms. The first-order valence-electron chi connectivity index (χ1n) is 7.07. The second kappa shape index (κ2) is 6.61. The molecule has 108 valence electrons. The number of nitrogens with zero attached hydrogens (tertiary/aromatic N) is 1. The van der Waals surface area contributed by atoms with Crippen molar-refractivity contribution in [3.63, 3.8) is 0 Å². The van der Waals surface area contributed by atoms with E-state index >= 15 is 0 Å². The third-order valence-electron chi connectivity index (χ3n) is 3.36. The molecule has 1 aromatic rings. The normalized spacial score (nSPS) is 17.9. The van der Waals surface area contributed by atoms with Crippen LogP contribution in [0, 0.1) is 6.92 Å². The van der Waals surface area contributed by atoms with Crippen molar-refractivity contribution in [2.24, 2.45) is 0 Å². The van der Waals surface area contributed by atoms with Gasteiger partial charge in [0.2, 0.25) is 0 Å². The number of aryl methyl sites for hydroxylation is 1. The molecule has 2 rings (SSSR count). The number of thioether (sulfide) groups is 1. The van der Waals surface area contributed by atoms with Crippen LogP contribution in [0.15, 0.2) is 6.07 Å². The van der Waals surface area contributed by atoms with E-state index in [2.05, 4.69) is 55.7 Å². The van der Waals surface area contributed by atoms with Gasteiger partial charge in [0.05, 0.1) is 0 Å². The molecule has 1 fully saturated rings. The summed E-state index contributed by atoms with van der Waals surface area (Å²) in [5.41, 5.74) is 1.73. The zero-order valence-electron chi connectivity index (χ0n) is 12.6. The van der Waals surface area contributed by atoms with Crippen LogP contribution in [0.2, 0.25) is 0 Å². The summed E-state index contributed by atoms with van der Waals surface area (Å²) in [5, 5.41) is 3.58.